The summed E-state index contributed by atoms with van der Waals surface area (Å²) in [6, 6.07) is 12.9. The van der Waals surface area contributed by atoms with Crippen LogP contribution in [0.15, 0.2) is 42.5 Å². The van der Waals surface area contributed by atoms with E-state index >= 15 is 0 Å². The number of anilines is 1. The molecule has 154 valence electrons. The molecule has 2 aliphatic rings. The monoisotopic (exact) mass is 395 g/mol. The highest BCUT2D eigenvalue weighted by Gasteiger charge is 2.20. The zero-order valence-corrected chi connectivity index (χ0v) is 16.9. The van der Waals surface area contributed by atoms with Crippen molar-refractivity contribution in [2.24, 2.45) is 5.92 Å². The predicted molar refractivity (Wildman–Crippen MR) is 115 cm³/mol. The van der Waals surface area contributed by atoms with Crippen molar-refractivity contribution in [3.8, 4) is 0 Å². The zero-order chi connectivity index (χ0) is 20.1. The van der Waals surface area contributed by atoms with Gasteiger partial charge in [0.15, 0.2) is 0 Å². The maximum Gasteiger partial charge on any atom is 0.319 e. The largest absolute Gasteiger partial charge is 0.338 e. The summed E-state index contributed by atoms with van der Waals surface area (Å²) in [6.45, 7) is 3.60. The SMILES string of the molecule is O=C(NCC1CCN(Cc2ccc(F)cc2)CC1)Nc1cccc2c1CCCC2. The molecule has 0 unspecified atom stereocenters. The Morgan fingerprint density at radius 3 is 2.59 bits per heavy atom. The summed E-state index contributed by atoms with van der Waals surface area (Å²) in [7, 11) is 0. The normalized spacial score (nSPS) is 17.6. The Kier molecular flexibility index (Phi) is 6.45. The fraction of sp³-hybridized carbons (Fsp3) is 0.458. The molecule has 0 aromatic heterocycles. The van der Waals surface area contributed by atoms with Crippen molar-refractivity contribution in [3.63, 3.8) is 0 Å². The van der Waals surface area contributed by atoms with Gasteiger partial charge in [0.05, 0.1) is 0 Å². The van der Waals surface area contributed by atoms with Gasteiger partial charge in [-0.25, -0.2) is 9.18 Å². The molecule has 2 aromatic rings. The number of amides is 2. The van der Waals surface area contributed by atoms with Crippen LogP contribution in [-0.4, -0.2) is 30.6 Å². The van der Waals surface area contributed by atoms with Gasteiger partial charge in [0.25, 0.3) is 0 Å². The summed E-state index contributed by atoms with van der Waals surface area (Å²) in [5.41, 5.74) is 4.80. The Balaban J connectivity index is 1.20. The highest BCUT2D eigenvalue weighted by atomic mass is 19.1. The van der Waals surface area contributed by atoms with E-state index in [1.165, 1.54) is 36.1 Å². The van der Waals surface area contributed by atoms with Crippen molar-refractivity contribution in [2.75, 3.05) is 25.0 Å². The van der Waals surface area contributed by atoms with Crippen molar-refractivity contribution in [1.82, 2.24) is 10.2 Å². The highest BCUT2D eigenvalue weighted by Crippen LogP contribution is 2.27. The van der Waals surface area contributed by atoms with E-state index in [9.17, 15) is 9.18 Å². The van der Waals surface area contributed by atoms with E-state index in [2.05, 4.69) is 21.6 Å². The minimum absolute atomic E-state index is 0.0993. The average molecular weight is 396 g/mol. The Morgan fingerprint density at radius 1 is 1.03 bits per heavy atom. The Labute approximate surface area is 172 Å². The summed E-state index contributed by atoms with van der Waals surface area (Å²) in [5, 5.41) is 6.13. The molecule has 4 rings (SSSR count). The molecule has 1 saturated heterocycles. The number of piperidine rings is 1. The number of rotatable bonds is 5. The molecule has 0 saturated carbocycles. The molecule has 0 atom stereocenters. The van der Waals surface area contributed by atoms with Crippen LogP contribution in [-0.2, 0) is 19.4 Å². The van der Waals surface area contributed by atoms with Crippen LogP contribution in [0.3, 0.4) is 0 Å². The minimum atomic E-state index is -0.187. The molecule has 1 fully saturated rings. The third-order valence-electron chi connectivity index (χ3n) is 6.22. The van der Waals surface area contributed by atoms with Gasteiger partial charge < -0.3 is 10.6 Å². The smallest absolute Gasteiger partial charge is 0.319 e. The summed E-state index contributed by atoms with van der Waals surface area (Å²) in [5.74, 6) is 0.322. The van der Waals surface area contributed by atoms with Crippen molar-refractivity contribution in [1.29, 1.82) is 0 Å². The van der Waals surface area contributed by atoms with Crippen LogP contribution in [0.1, 0.15) is 42.4 Å². The number of urea groups is 1. The second kappa shape index (κ2) is 9.40. The first-order valence-corrected chi connectivity index (χ1v) is 10.8. The van der Waals surface area contributed by atoms with Gasteiger partial charge in [-0.1, -0.05) is 24.3 Å². The lowest BCUT2D eigenvalue weighted by molar-refractivity contribution is 0.175. The maximum absolute atomic E-state index is 13.0. The number of aryl methyl sites for hydroxylation is 1. The number of carbonyl (C=O) groups excluding carboxylic acids is 1. The van der Waals surface area contributed by atoms with E-state index in [1.807, 2.05) is 24.3 Å². The van der Waals surface area contributed by atoms with Gasteiger partial charge in [-0.3, -0.25) is 4.90 Å². The second-order valence-corrected chi connectivity index (χ2v) is 8.33. The number of fused-ring (bicyclic) bond motifs is 1. The van der Waals surface area contributed by atoms with Crippen LogP contribution in [0.2, 0.25) is 0 Å². The molecular weight excluding hydrogens is 365 g/mol. The summed E-state index contributed by atoms with van der Waals surface area (Å²) >= 11 is 0. The lowest BCUT2D eigenvalue weighted by Crippen LogP contribution is -2.39. The first-order chi connectivity index (χ1) is 14.2. The van der Waals surface area contributed by atoms with Gasteiger partial charge in [0.2, 0.25) is 0 Å². The number of nitrogens with one attached hydrogen (secondary N) is 2. The lowest BCUT2D eigenvalue weighted by Gasteiger charge is -2.32. The molecule has 29 heavy (non-hydrogen) atoms. The van der Waals surface area contributed by atoms with Crippen molar-refractivity contribution in [3.05, 3.63) is 65.0 Å². The van der Waals surface area contributed by atoms with E-state index in [4.69, 9.17) is 0 Å². The van der Waals surface area contributed by atoms with Crippen molar-refractivity contribution in [2.45, 2.75) is 45.1 Å². The molecule has 0 radical (unpaired) electrons. The van der Waals surface area contributed by atoms with Gasteiger partial charge in [-0.2, -0.15) is 0 Å². The van der Waals surface area contributed by atoms with E-state index < -0.39 is 0 Å². The number of likely N-dealkylation sites (tertiary alicyclic amines) is 1. The summed E-state index contributed by atoms with van der Waals surface area (Å²) < 4.78 is 13.0. The molecule has 0 bridgehead atoms. The lowest BCUT2D eigenvalue weighted by atomic mass is 9.90. The van der Waals surface area contributed by atoms with Crippen molar-refractivity contribution >= 4 is 11.7 Å². The molecule has 5 heteroatoms. The molecule has 1 aliphatic heterocycles. The third kappa shape index (κ3) is 5.36. The van der Waals surface area contributed by atoms with Crippen LogP contribution >= 0.6 is 0 Å². The Morgan fingerprint density at radius 2 is 1.79 bits per heavy atom. The van der Waals surface area contributed by atoms with E-state index in [-0.39, 0.29) is 11.8 Å². The number of hydrogen-bond donors (Lipinski definition) is 2. The van der Waals surface area contributed by atoms with Gasteiger partial charge >= 0.3 is 6.03 Å². The maximum atomic E-state index is 13.0. The van der Waals surface area contributed by atoms with Crippen LogP contribution in [0.5, 0.6) is 0 Å². The van der Waals surface area contributed by atoms with Gasteiger partial charge in [-0.05, 0) is 92.4 Å². The molecule has 4 nitrogen and oxygen atoms in total. The molecule has 2 aromatic carbocycles. The average Bonchev–Trinajstić information content (AvgIpc) is 2.75. The first kappa shape index (κ1) is 19.9. The standard InChI is InChI=1S/C24H30FN3O/c25-21-10-8-19(9-11-21)17-28-14-12-18(13-15-28)16-26-24(29)27-23-7-3-5-20-4-1-2-6-22(20)23/h3,5,7-11,18H,1-2,4,6,12-17H2,(H2,26,27,29). The quantitative estimate of drug-likeness (QED) is 0.768. The Bertz CT molecular complexity index is 829. The summed E-state index contributed by atoms with van der Waals surface area (Å²) in [6.07, 6.45) is 6.75. The first-order valence-electron chi connectivity index (χ1n) is 10.8. The van der Waals surface area contributed by atoms with E-state index in [0.29, 0.717) is 12.5 Å². The molecule has 2 amide bonds. The van der Waals surface area contributed by atoms with Crippen LogP contribution < -0.4 is 10.6 Å². The molecule has 1 heterocycles. The predicted octanol–water partition coefficient (Wildman–Crippen LogP) is 4.74. The van der Waals surface area contributed by atoms with Gasteiger partial charge in [-0.15, -0.1) is 0 Å². The molecule has 1 aliphatic carbocycles. The second-order valence-electron chi connectivity index (χ2n) is 8.33. The van der Waals surface area contributed by atoms with Gasteiger partial charge in [0.1, 0.15) is 5.82 Å². The number of hydrogen-bond acceptors (Lipinski definition) is 2. The fourth-order valence-electron chi connectivity index (χ4n) is 4.50. The van der Waals surface area contributed by atoms with Crippen LogP contribution in [0, 0.1) is 11.7 Å². The number of halogens is 1. The molecule has 2 N–H and O–H groups in total. The number of benzene rings is 2. The minimum Gasteiger partial charge on any atom is -0.338 e. The summed E-state index contributed by atoms with van der Waals surface area (Å²) in [4.78, 5) is 14.8. The van der Waals surface area contributed by atoms with Crippen LogP contribution in [0.4, 0.5) is 14.9 Å². The van der Waals surface area contributed by atoms with Gasteiger partial charge in [0, 0.05) is 18.8 Å². The van der Waals surface area contributed by atoms with E-state index in [1.54, 1.807) is 0 Å². The topological polar surface area (TPSA) is 44.4 Å². The third-order valence-corrected chi connectivity index (χ3v) is 6.22. The van der Waals surface area contributed by atoms with Crippen molar-refractivity contribution < 1.29 is 9.18 Å². The zero-order valence-electron chi connectivity index (χ0n) is 16.9. The van der Waals surface area contributed by atoms with E-state index in [0.717, 1.165) is 56.6 Å². The van der Waals surface area contributed by atoms with Crippen LogP contribution in [0.25, 0.3) is 0 Å². The number of carbonyl (C=O) groups is 1. The highest BCUT2D eigenvalue weighted by molar-refractivity contribution is 5.90. The molecule has 0 spiro atoms. The fourth-order valence-corrected chi connectivity index (χ4v) is 4.50. The Hall–Kier alpha value is -2.40. The number of nitrogens with zero attached hydrogens (tertiary/aromatic N) is 1. The molecular formula is C24H30FN3O.